The van der Waals surface area contributed by atoms with Crippen LogP contribution in [0.4, 0.5) is 10.1 Å². The third-order valence-electron chi connectivity index (χ3n) is 9.05. The number of halogens is 1. The van der Waals surface area contributed by atoms with Gasteiger partial charge in [-0.2, -0.15) is 0 Å². The number of aliphatic hydroxyl groups excluding tert-OH is 4. The summed E-state index contributed by atoms with van der Waals surface area (Å²) in [4.78, 5) is 2.10. The predicted molar refractivity (Wildman–Crippen MR) is 186 cm³/mol. The Hall–Kier alpha value is -3.35. The van der Waals surface area contributed by atoms with Gasteiger partial charge in [0.1, 0.15) is 28.1 Å². The summed E-state index contributed by atoms with van der Waals surface area (Å²) in [5.41, 5.74) is 4.90. The molecular weight excluding hydrogens is 638 g/mol. The van der Waals surface area contributed by atoms with Gasteiger partial charge in [-0.05, 0) is 71.8 Å². The van der Waals surface area contributed by atoms with Crippen molar-refractivity contribution in [3.05, 3.63) is 120 Å². The average Bonchev–Trinajstić information content (AvgIpc) is 3.41. The van der Waals surface area contributed by atoms with Crippen molar-refractivity contribution in [3.8, 4) is 16.9 Å². The van der Waals surface area contributed by atoms with E-state index in [0.29, 0.717) is 18.4 Å². The van der Waals surface area contributed by atoms with Crippen LogP contribution < -0.4 is 4.90 Å². The molecule has 4 aromatic carbocycles. The van der Waals surface area contributed by atoms with Gasteiger partial charge in [0.25, 0.3) is 0 Å². The Morgan fingerprint density at radius 2 is 1.64 bits per heavy atom. The monoisotopic (exact) mass is 675 g/mol. The van der Waals surface area contributed by atoms with E-state index in [1.54, 1.807) is 30.0 Å². The number of para-hydroxylation sites is 1. The number of phenolic OH excluding ortho intramolecular Hbond substituents is 1. The van der Waals surface area contributed by atoms with Crippen molar-refractivity contribution in [2.24, 2.45) is 0 Å². The normalized spacial score (nSPS) is 25.2. The standard InChI is InChI=1S/C37H38FNO6S2/c38-26-16-13-23(14-17-26)29(41)7-4-8-34-35(39(37(46)47-34)27-5-2-1-3-6-27)28-18-15-25(19-30(28)42)22-9-11-24(12-10-22)32-20-31(43)36(44)33(21-40)45-32/h1-3,5-6,9-19,29,31-36,40-44H,4,7-8,20-21H2/t29?,31-,32-,33-,34-,35-,36+/m1/s1. The molecule has 6 rings (SSSR count). The van der Waals surface area contributed by atoms with Crippen LogP contribution in [0, 0.1) is 5.82 Å². The Bertz CT molecular complexity index is 1660. The molecule has 5 N–H and O–H groups in total. The summed E-state index contributed by atoms with van der Waals surface area (Å²) in [6, 6.07) is 28.9. The van der Waals surface area contributed by atoms with Gasteiger partial charge in [-0.1, -0.05) is 90.7 Å². The Morgan fingerprint density at radius 3 is 2.32 bits per heavy atom. The van der Waals surface area contributed by atoms with Crippen molar-refractivity contribution in [3.63, 3.8) is 0 Å². The van der Waals surface area contributed by atoms with E-state index in [9.17, 15) is 29.9 Å². The number of hydrogen-bond donors (Lipinski definition) is 5. The lowest BCUT2D eigenvalue weighted by Crippen LogP contribution is -2.47. The van der Waals surface area contributed by atoms with Gasteiger partial charge in [0.2, 0.25) is 0 Å². The predicted octanol–water partition coefficient (Wildman–Crippen LogP) is 6.59. The number of nitrogens with zero attached hydrogens (tertiary/aromatic N) is 1. The van der Waals surface area contributed by atoms with Gasteiger partial charge in [0.05, 0.1) is 31.0 Å². The molecule has 2 aliphatic rings. The molecule has 4 aromatic rings. The number of anilines is 1. The number of hydrogen-bond acceptors (Lipinski definition) is 8. The Kier molecular flexibility index (Phi) is 10.6. The largest absolute Gasteiger partial charge is 0.508 e. The summed E-state index contributed by atoms with van der Waals surface area (Å²) < 4.78 is 19.9. The highest BCUT2D eigenvalue weighted by Crippen LogP contribution is 2.49. The molecule has 2 saturated heterocycles. The zero-order chi connectivity index (χ0) is 33.1. The lowest BCUT2D eigenvalue weighted by Gasteiger charge is -2.36. The summed E-state index contributed by atoms with van der Waals surface area (Å²) in [5.74, 6) is -0.186. The molecule has 0 bridgehead atoms. The SMILES string of the molecule is OC[C@H]1O[C@@H](c2ccc(-c3ccc([C@@H]4[C@@H](CCCC(O)c5ccc(F)cc5)SC(=S)N4c4ccccc4)c(O)c3)cc2)C[C@@H](O)[C@@H]1O. The number of thioether (sulfide) groups is 1. The third-order valence-corrected chi connectivity index (χ3v) is 10.7. The van der Waals surface area contributed by atoms with Gasteiger partial charge in [-0.15, -0.1) is 0 Å². The molecule has 47 heavy (non-hydrogen) atoms. The van der Waals surface area contributed by atoms with Crippen LogP contribution in [0.5, 0.6) is 5.75 Å². The van der Waals surface area contributed by atoms with E-state index >= 15 is 0 Å². The van der Waals surface area contributed by atoms with Crippen LogP contribution in [0.2, 0.25) is 0 Å². The molecule has 246 valence electrons. The zero-order valence-corrected chi connectivity index (χ0v) is 27.2. The van der Waals surface area contributed by atoms with Crippen molar-refractivity contribution in [2.45, 2.75) is 67.5 Å². The number of phenols is 1. The van der Waals surface area contributed by atoms with Crippen LogP contribution in [-0.4, -0.2) is 60.0 Å². The average molecular weight is 676 g/mol. The number of rotatable bonds is 10. The molecular formula is C37H38FNO6S2. The maximum Gasteiger partial charge on any atom is 0.141 e. The number of aromatic hydroxyl groups is 1. The summed E-state index contributed by atoms with van der Waals surface area (Å²) in [5, 5.41) is 52.1. The van der Waals surface area contributed by atoms with E-state index in [0.717, 1.165) is 38.7 Å². The van der Waals surface area contributed by atoms with E-state index < -0.39 is 30.5 Å². The van der Waals surface area contributed by atoms with Gasteiger partial charge in [-0.25, -0.2) is 4.39 Å². The van der Waals surface area contributed by atoms with Gasteiger partial charge < -0.3 is 35.2 Å². The summed E-state index contributed by atoms with van der Waals surface area (Å²) in [6.45, 7) is -0.386. The van der Waals surface area contributed by atoms with Crippen molar-refractivity contribution in [1.82, 2.24) is 0 Å². The van der Waals surface area contributed by atoms with E-state index in [1.165, 1.54) is 12.1 Å². The minimum absolute atomic E-state index is 0.0197. The maximum atomic E-state index is 13.4. The first-order valence-corrected chi connectivity index (χ1v) is 17.1. The minimum atomic E-state index is -1.13. The Balaban J connectivity index is 1.21. The summed E-state index contributed by atoms with van der Waals surface area (Å²) in [7, 11) is 0. The van der Waals surface area contributed by atoms with Crippen LogP contribution in [0.3, 0.4) is 0 Å². The molecule has 0 aliphatic carbocycles. The van der Waals surface area contributed by atoms with Crippen molar-refractivity contribution in [2.75, 3.05) is 11.5 Å². The first-order valence-electron chi connectivity index (χ1n) is 15.8. The lowest BCUT2D eigenvalue weighted by atomic mass is 9.92. The first kappa shape index (κ1) is 33.5. The van der Waals surface area contributed by atoms with Crippen LogP contribution in [-0.2, 0) is 4.74 Å². The van der Waals surface area contributed by atoms with Crippen LogP contribution in [0.1, 0.15) is 60.6 Å². The zero-order valence-electron chi connectivity index (χ0n) is 25.6. The molecule has 7 atom stereocenters. The molecule has 0 radical (unpaired) electrons. The van der Waals surface area contributed by atoms with Gasteiger partial charge in [0, 0.05) is 22.9 Å². The van der Waals surface area contributed by atoms with Gasteiger partial charge in [-0.3, -0.25) is 0 Å². The fourth-order valence-electron chi connectivity index (χ4n) is 6.49. The molecule has 1 unspecified atom stereocenters. The van der Waals surface area contributed by atoms with Gasteiger partial charge >= 0.3 is 0 Å². The number of thiocarbonyl (C=S) groups is 1. The maximum absolute atomic E-state index is 13.4. The van der Waals surface area contributed by atoms with Gasteiger partial charge in [0.15, 0.2) is 0 Å². The highest BCUT2D eigenvalue weighted by molar-refractivity contribution is 8.24. The molecule has 0 spiro atoms. The highest BCUT2D eigenvalue weighted by Gasteiger charge is 2.41. The number of benzene rings is 4. The Morgan fingerprint density at radius 1 is 0.936 bits per heavy atom. The van der Waals surface area contributed by atoms with E-state index in [2.05, 4.69) is 4.90 Å². The lowest BCUT2D eigenvalue weighted by molar-refractivity contribution is -0.181. The smallest absolute Gasteiger partial charge is 0.141 e. The van der Waals surface area contributed by atoms with Crippen molar-refractivity contribution >= 4 is 34.0 Å². The van der Waals surface area contributed by atoms with Crippen molar-refractivity contribution in [1.29, 1.82) is 0 Å². The minimum Gasteiger partial charge on any atom is -0.508 e. The Labute approximate surface area is 283 Å². The second-order valence-electron chi connectivity index (χ2n) is 12.1. The first-order chi connectivity index (χ1) is 22.7. The molecule has 7 nitrogen and oxygen atoms in total. The van der Waals surface area contributed by atoms with Crippen LogP contribution >= 0.6 is 24.0 Å². The topological polar surface area (TPSA) is 114 Å². The third kappa shape index (κ3) is 7.39. The van der Waals surface area contributed by atoms with E-state index in [-0.39, 0.29) is 35.9 Å². The second-order valence-corrected chi connectivity index (χ2v) is 14.0. The molecule has 2 aliphatic heterocycles. The second kappa shape index (κ2) is 14.8. The molecule has 0 amide bonds. The summed E-state index contributed by atoms with van der Waals surface area (Å²) in [6.07, 6.45) is -1.95. The molecule has 2 heterocycles. The number of ether oxygens (including phenoxy) is 1. The summed E-state index contributed by atoms with van der Waals surface area (Å²) >= 11 is 7.48. The fraction of sp³-hybridized carbons (Fsp3) is 0.324. The van der Waals surface area contributed by atoms with Crippen LogP contribution in [0.15, 0.2) is 97.1 Å². The highest BCUT2D eigenvalue weighted by atomic mass is 32.2. The fourth-order valence-corrected chi connectivity index (χ4v) is 8.35. The number of aliphatic hydroxyl groups is 4. The molecule has 2 fully saturated rings. The molecule has 10 heteroatoms. The molecule has 0 saturated carbocycles. The van der Waals surface area contributed by atoms with Crippen molar-refractivity contribution < 1.29 is 34.7 Å². The van der Waals surface area contributed by atoms with E-state index in [4.69, 9.17) is 17.0 Å². The van der Waals surface area contributed by atoms with Crippen LogP contribution in [0.25, 0.3) is 11.1 Å². The quantitative estimate of drug-likeness (QED) is 0.119. The molecule has 0 aromatic heterocycles. The van der Waals surface area contributed by atoms with E-state index in [1.807, 2.05) is 66.7 Å².